The third-order valence-electron chi connectivity index (χ3n) is 11.2. The Labute approximate surface area is 352 Å². The zero-order valence-corrected chi connectivity index (χ0v) is 33.1. The van der Waals surface area contributed by atoms with Crippen LogP contribution in [0.5, 0.6) is 0 Å². The van der Waals surface area contributed by atoms with Gasteiger partial charge in [-0.2, -0.15) is 0 Å². The molecule has 2 heteroatoms. The summed E-state index contributed by atoms with van der Waals surface area (Å²) in [6, 6.07) is 86.9. The summed E-state index contributed by atoms with van der Waals surface area (Å²) in [6.07, 6.45) is 4.37. The molecule has 0 radical (unpaired) electrons. The normalized spacial score (nSPS) is 11.3. The first-order valence-corrected chi connectivity index (χ1v) is 20.5. The SMILES string of the molecule is C(=C\c1ccc(N(c2ccccc2)c2ccc(-c3ccc4ccccc4c3)cc2)cc1)/c1ccc(N(c2ccccc2)c2ccc(-c3ccc4ccccc4c3)cc2)cc1. The Morgan fingerprint density at radius 2 is 0.500 bits per heavy atom. The molecular weight excluding hydrogens is 725 g/mol. The first-order valence-electron chi connectivity index (χ1n) is 20.5. The fourth-order valence-electron chi connectivity index (χ4n) is 8.05. The lowest BCUT2D eigenvalue weighted by molar-refractivity contribution is 1.28. The molecule has 0 N–H and O–H groups in total. The summed E-state index contributed by atoms with van der Waals surface area (Å²) in [5.41, 5.74) is 13.8. The van der Waals surface area contributed by atoms with Gasteiger partial charge in [-0.15, -0.1) is 0 Å². The summed E-state index contributed by atoms with van der Waals surface area (Å²) in [4.78, 5) is 4.62. The molecule has 0 aliphatic carbocycles. The maximum atomic E-state index is 2.31. The van der Waals surface area contributed by atoms with Crippen LogP contribution in [0.1, 0.15) is 11.1 Å². The van der Waals surface area contributed by atoms with Gasteiger partial charge in [-0.25, -0.2) is 0 Å². The molecule has 10 aromatic carbocycles. The lowest BCUT2D eigenvalue weighted by Gasteiger charge is -2.26. The van der Waals surface area contributed by atoms with Crippen molar-refractivity contribution in [3.63, 3.8) is 0 Å². The number of anilines is 6. The van der Waals surface area contributed by atoms with Crippen molar-refractivity contribution in [2.24, 2.45) is 0 Å². The first-order chi connectivity index (χ1) is 29.7. The van der Waals surface area contributed by atoms with Crippen LogP contribution in [0.4, 0.5) is 34.1 Å². The van der Waals surface area contributed by atoms with Gasteiger partial charge in [0, 0.05) is 34.1 Å². The standard InChI is InChI=1S/C58H42N2/c1-3-15-53(16-4-1)59(57-37-29-47(30-38-57)51-27-25-45-11-7-9-13-49(45)41-51)55-33-21-43(22-34-55)19-20-44-23-35-56(36-24-44)60(54-17-5-2-6-18-54)58-39-31-48(32-40-58)52-28-26-46-12-8-10-14-50(46)42-52/h1-42H/b20-19+. The van der Waals surface area contributed by atoms with Gasteiger partial charge in [0.2, 0.25) is 0 Å². The molecule has 0 atom stereocenters. The molecule has 0 bridgehead atoms. The van der Waals surface area contributed by atoms with E-state index in [0.717, 1.165) is 45.3 Å². The predicted octanol–water partition coefficient (Wildman–Crippen LogP) is 16.4. The van der Waals surface area contributed by atoms with Gasteiger partial charge >= 0.3 is 0 Å². The summed E-state index contributed by atoms with van der Waals surface area (Å²) in [5.74, 6) is 0. The van der Waals surface area contributed by atoms with E-state index in [0.29, 0.717) is 0 Å². The van der Waals surface area contributed by atoms with Crippen LogP contribution in [-0.2, 0) is 0 Å². The molecule has 0 saturated carbocycles. The van der Waals surface area contributed by atoms with Crippen LogP contribution in [0.2, 0.25) is 0 Å². The average molecular weight is 767 g/mol. The molecule has 10 aromatic rings. The molecule has 0 amide bonds. The van der Waals surface area contributed by atoms with E-state index in [9.17, 15) is 0 Å². The van der Waals surface area contributed by atoms with Crippen LogP contribution >= 0.6 is 0 Å². The number of rotatable bonds is 10. The minimum atomic E-state index is 1.10. The van der Waals surface area contributed by atoms with Crippen LogP contribution in [0.3, 0.4) is 0 Å². The fraction of sp³-hybridized carbons (Fsp3) is 0. The van der Waals surface area contributed by atoms with Gasteiger partial charge < -0.3 is 9.80 Å². The molecule has 284 valence electrons. The number of nitrogens with zero attached hydrogens (tertiary/aromatic N) is 2. The highest BCUT2D eigenvalue weighted by molar-refractivity contribution is 5.89. The molecule has 60 heavy (non-hydrogen) atoms. The highest BCUT2D eigenvalue weighted by atomic mass is 15.1. The molecule has 0 aliphatic heterocycles. The number of para-hydroxylation sites is 2. The first kappa shape index (κ1) is 36.4. The van der Waals surface area contributed by atoms with Gasteiger partial charge in [-0.05, 0) is 140 Å². The molecular formula is C58H42N2. The van der Waals surface area contributed by atoms with Gasteiger partial charge in [0.15, 0.2) is 0 Å². The van der Waals surface area contributed by atoms with Gasteiger partial charge in [0.25, 0.3) is 0 Å². The number of hydrogen-bond acceptors (Lipinski definition) is 2. The maximum Gasteiger partial charge on any atom is 0.0462 e. The highest BCUT2D eigenvalue weighted by Crippen LogP contribution is 2.38. The highest BCUT2D eigenvalue weighted by Gasteiger charge is 2.14. The molecule has 0 fully saturated rings. The van der Waals surface area contributed by atoms with E-state index in [2.05, 4.69) is 265 Å². The third kappa shape index (κ3) is 7.70. The van der Waals surface area contributed by atoms with E-state index in [-0.39, 0.29) is 0 Å². The Balaban J connectivity index is 0.874. The van der Waals surface area contributed by atoms with Gasteiger partial charge in [-0.1, -0.05) is 170 Å². The quantitative estimate of drug-likeness (QED) is 0.128. The van der Waals surface area contributed by atoms with Crippen molar-refractivity contribution >= 4 is 67.8 Å². The Hall–Kier alpha value is -7.94. The van der Waals surface area contributed by atoms with Crippen LogP contribution < -0.4 is 9.80 Å². The lowest BCUT2D eigenvalue weighted by Crippen LogP contribution is -2.09. The number of fused-ring (bicyclic) bond motifs is 2. The van der Waals surface area contributed by atoms with Crippen molar-refractivity contribution in [1.82, 2.24) is 0 Å². The summed E-state index contributed by atoms with van der Waals surface area (Å²) >= 11 is 0. The van der Waals surface area contributed by atoms with Crippen molar-refractivity contribution in [2.45, 2.75) is 0 Å². The van der Waals surface area contributed by atoms with E-state index >= 15 is 0 Å². The molecule has 0 spiro atoms. The second-order valence-corrected chi connectivity index (χ2v) is 15.1. The largest absolute Gasteiger partial charge is 0.311 e. The summed E-state index contributed by atoms with van der Waals surface area (Å²) in [6.45, 7) is 0. The van der Waals surface area contributed by atoms with E-state index in [4.69, 9.17) is 0 Å². The monoisotopic (exact) mass is 766 g/mol. The van der Waals surface area contributed by atoms with Crippen LogP contribution in [0, 0.1) is 0 Å². The Morgan fingerprint density at radius 3 is 0.867 bits per heavy atom. The zero-order valence-electron chi connectivity index (χ0n) is 33.1. The minimum absolute atomic E-state index is 1.10. The van der Waals surface area contributed by atoms with E-state index < -0.39 is 0 Å². The molecule has 0 heterocycles. The maximum absolute atomic E-state index is 2.31. The smallest absolute Gasteiger partial charge is 0.0462 e. The topological polar surface area (TPSA) is 6.48 Å². The molecule has 0 aliphatic rings. The molecule has 0 unspecified atom stereocenters. The van der Waals surface area contributed by atoms with Gasteiger partial charge in [-0.3, -0.25) is 0 Å². The van der Waals surface area contributed by atoms with Crippen molar-refractivity contribution in [1.29, 1.82) is 0 Å². The fourth-order valence-corrected chi connectivity index (χ4v) is 8.05. The molecule has 10 rings (SSSR count). The summed E-state index contributed by atoms with van der Waals surface area (Å²) < 4.78 is 0. The Bertz CT molecular complexity index is 2830. The second kappa shape index (κ2) is 16.5. The Morgan fingerprint density at radius 1 is 0.217 bits per heavy atom. The van der Waals surface area contributed by atoms with Crippen LogP contribution in [0.25, 0.3) is 56.0 Å². The van der Waals surface area contributed by atoms with E-state index in [1.165, 1.54) is 43.8 Å². The van der Waals surface area contributed by atoms with E-state index in [1.807, 2.05) is 0 Å². The van der Waals surface area contributed by atoms with E-state index in [1.54, 1.807) is 0 Å². The average Bonchev–Trinajstić information content (AvgIpc) is 3.33. The Kier molecular flexibility index (Phi) is 10.0. The van der Waals surface area contributed by atoms with Crippen molar-refractivity contribution in [3.8, 4) is 22.3 Å². The summed E-state index contributed by atoms with van der Waals surface area (Å²) in [5, 5.41) is 5.01. The summed E-state index contributed by atoms with van der Waals surface area (Å²) in [7, 11) is 0. The molecule has 0 saturated heterocycles. The van der Waals surface area contributed by atoms with Crippen molar-refractivity contribution in [3.05, 3.63) is 254 Å². The number of hydrogen-bond donors (Lipinski definition) is 0. The van der Waals surface area contributed by atoms with Gasteiger partial charge in [0.1, 0.15) is 0 Å². The second-order valence-electron chi connectivity index (χ2n) is 15.1. The minimum Gasteiger partial charge on any atom is -0.311 e. The predicted molar refractivity (Wildman–Crippen MR) is 257 cm³/mol. The van der Waals surface area contributed by atoms with Crippen LogP contribution in [0.15, 0.2) is 243 Å². The van der Waals surface area contributed by atoms with Crippen molar-refractivity contribution in [2.75, 3.05) is 9.80 Å². The molecule has 2 nitrogen and oxygen atoms in total. The van der Waals surface area contributed by atoms with Gasteiger partial charge in [0.05, 0.1) is 0 Å². The molecule has 0 aromatic heterocycles. The van der Waals surface area contributed by atoms with Crippen molar-refractivity contribution < 1.29 is 0 Å². The van der Waals surface area contributed by atoms with Crippen LogP contribution in [-0.4, -0.2) is 0 Å². The third-order valence-corrected chi connectivity index (χ3v) is 11.2. The number of benzene rings is 10. The lowest BCUT2D eigenvalue weighted by atomic mass is 10.0. The zero-order chi connectivity index (χ0) is 40.1.